The Morgan fingerprint density at radius 3 is 2.57 bits per heavy atom. The first-order valence-electron chi connectivity index (χ1n) is 15.2. The van der Waals surface area contributed by atoms with Crippen molar-refractivity contribution in [3.8, 4) is 0 Å². The van der Waals surface area contributed by atoms with E-state index in [0.717, 1.165) is 37.3 Å². The SMILES string of the molecule is Cc1cccc(F)c1C(=O)N1C2COC[C@@H]2C[C@H](C(=O)Nc2ccc3ncoc3c2)[C@@H]1c1ccc(NC2CCOCC2)cc1. The lowest BCUT2D eigenvalue weighted by atomic mass is 9.76. The van der Waals surface area contributed by atoms with Crippen molar-refractivity contribution in [3.63, 3.8) is 0 Å². The van der Waals surface area contributed by atoms with Gasteiger partial charge in [0.05, 0.1) is 36.8 Å². The largest absolute Gasteiger partial charge is 0.443 e. The topological polar surface area (TPSA) is 106 Å². The summed E-state index contributed by atoms with van der Waals surface area (Å²) in [5, 5.41) is 6.64. The fourth-order valence-electron chi connectivity index (χ4n) is 6.95. The van der Waals surface area contributed by atoms with Gasteiger partial charge in [-0.05, 0) is 67.6 Å². The first kappa shape index (κ1) is 28.5. The number of hydrogen-bond acceptors (Lipinski definition) is 7. The molecular formula is C34H35FN4O5. The van der Waals surface area contributed by atoms with Crippen LogP contribution in [0.2, 0.25) is 0 Å². The zero-order valence-corrected chi connectivity index (χ0v) is 24.5. The minimum Gasteiger partial charge on any atom is -0.443 e. The Morgan fingerprint density at radius 1 is 0.977 bits per heavy atom. The number of rotatable bonds is 6. The molecule has 2 N–H and O–H groups in total. The lowest BCUT2D eigenvalue weighted by Crippen LogP contribution is -2.55. The van der Waals surface area contributed by atoms with E-state index >= 15 is 4.39 Å². The van der Waals surface area contributed by atoms with Gasteiger partial charge in [0.1, 0.15) is 11.3 Å². The van der Waals surface area contributed by atoms with Crippen LogP contribution in [0.1, 0.15) is 46.8 Å². The van der Waals surface area contributed by atoms with Gasteiger partial charge in [0.25, 0.3) is 5.91 Å². The van der Waals surface area contributed by atoms with Crippen LogP contribution in [0.5, 0.6) is 0 Å². The fraction of sp³-hybridized carbons (Fsp3) is 0.382. The molecule has 3 saturated heterocycles. The average molecular weight is 599 g/mol. The number of benzene rings is 3. The van der Waals surface area contributed by atoms with E-state index in [2.05, 4.69) is 15.6 Å². The Kier molecular flexibility index (Phi) is 7.78. The summed E-state index contributed by atoms with van der Waals surface area (Å²) in [6, 6.07) is 17.3. The number of piperidine rings is 1. The monoisotopic (exact) mass is 598 g/mol. The highest BCUT2D eigenvalue weighted by atomic mass is 19.1. The third-order valence-corrected chi connectivity index (χ3v) is 9.21. The summed E-state index contributed by atoms with van der Waals surface area (Å²) in [6.07, 6.45) is 3.75. The summed E-state index contributed by atoms with van der Waals surface area (Å²) in [7, 11) is 0. The number of aromatic nitrogens is 1. The average Bonchev–Trinajstić information content (AvgIpc) is 3.70. The van der Waals surface area contributed by atoms with E-state index in [1.807, 2.05) is 24.3 Å². The van der Waals surface area contributed by atoms with Gasteiger partial charge < -0.3 is 29.4 Å². The van der Waals surface area contributed by atoms with Crippen molar-refractivity contribution in [2.45, 2.75) is 44.3 Å². The van der Waals surface area contributed by atoms with E-state index in [4.69, 9.17) is 13.9 Å². The number of ether oxygens (including phenoxy) is 2. The normalized spacial score (nSPS) is 23.8. The molecule has 0 spiro atoms. The first-order chi connectivity index (χ1) is 21.5. The van der Waals surface area contributed by atoms with Crippen molar-refractivity contribution in [1.29, 1.82) is 0 Å². The summed E-state index contributed by atoms with van der Waals surface area (Å²) in [5.41, 5.74) is 4.16. The van der Waals surface area contributed by atoms with Gasteiger partial charge in [-0.15, -0.1) is 0 Å². The molecule has 4 aromatic rings. The summed E-state index contributed by atoms with van der Waals surface area (Å²) in [6.45, 7) is 3.96. The van der Waals surface area contributed by atoms with Crippen LogP contribution in [0.3, 0.4) is 0 Å². The third kappa shape index (κ3) is 5.44. The second-order valence-electron chi connectivity index (χ2n) is 12.0. The Balaban J connectivity index is 1.26. The van der Waals surface area contributed by atoms with Gasteiger partial charge in [0, 0.05) is 42.6 Å². The minimum atomic E-state index is -0.643. The van der Waals surface area contributed by atoms with Crippen LogP contribution >= 0.6 is 0 Å². The second kappa shape index (κ2) is 12.0. The van der Waals surface area contributed by atoms with Crippen molar-refractivity contribution >= 4 is 34.3 Å². The quantitative estimate of drug-likeness (QED) is 0.292. The maximum absolute atomic E-state index is 15.3. The molecule has 3 fully saturated rings. The Labute approximate surface area is 254 Å². The van der Waals surface area contributed by atoms with Crippen LogP contribution in [-0.4, -0.2) is 60.2 Å². The second-order valence-corrected chi connectivity index (χ2v) is 12.0. The lowest BCUT2D eigenvalue weighted by Gasteiger charge is -2.47. The first-order valence-corrected chi connectivity index (χ1v) is 15.2. The number of hydrogen-bond donors (Lipinski definition) is 2. The summed E-state index contributed by atoms with van der Waals surface area (Å²) >= 11 is 0. The molecule has 2 amide bonds. The molecule has 0 radical (unpaired) electrons. The maximum Gasteiger partial charge on any atom is 0.257 e. The minimum absolute atomic E-state index is 0.0257. The molecule has 4 heterocycles. The van der Waals surface area contributed by atoms with E-state index in [-0.39, 0.29) is 23.4 Å². The van der Waals surface area contributed by atoms with Gasteiger partial charge >= 0.3 is 0 Å². The maximum atomic E-state index is 15.3. The molecule has 1 aromatic heterocycles. The van der Waals surface area contributed by atoms with E-state index in [0.29, 0.717) is 48.0 Å². The zero-order chi connectivity index (χ0) is 30.2. The van der Waals surface area contributed by atoms with Crippen molar-refractivity contribution in [3.05, 3.63) is 89.6 Å². The summed E-state index contributed by atoms with van der Waals surface area (Å²) < 4.78 is 32.1. The molecule has 0 bridgehead atoms. The molecule has 10 heteroatoms. The molecule has 228 valence electrons. The third-order valence-electron chi connectivity index (χ3n) is 9.21. The number of amides is 2. The number of likely N-dealkylation sites (tertiary alicyclic amines) is 1. The molecular weight excluding hydrogens is 563 g/mol. The molecule has 3 aromatic carbocycles. The molecule has 4 atom stereocenters. The van der Waals surface area contributed by atoms with E-state index < -0.39 is 23.7 Å². The van der Waals surface area contributed by atoms with Crippen LogP contribution in [0.4, 0.5) is 15.8 Å². The van der Waals surface area contributed by atoms with Gasteiger partial charge in [0.15, 0.2) is 12.0 Å². The molecule has 1 unspecified atom stereocenters. The number of halogens is 1. The Hall–Kier alpha value is -4.28. The number of nitrogens with zero attached hydrogens (tertiary/aromatic N) is 2. The van der Waals surface area contributed by atoms with Crippen LogP contribution in [0, 0.1) is 24.6 Å². The number of carbonyl (C=O) groups excluding carboxylic acids is 2. The highest BCUT2D eigenvalue weighted by Crippen LogP contribution is 2.46. The number of nitrogens with one attached hydrogen (secondary N) is 2. The van der Waals surface area contributed by atoms with Gasteiger partial charge in [-0.25, -0.2) is 9.37 Å². The Bertz CT molecular complexity index is 1650. The highest BCUT2D eigenvalue weighted by Gasteiger charge is 2.51. The van der Waals surface area contributed by atoms with Crippen LogP contribution in [0.25, 0.3) is 11.1 Å². The van der Waals surface area contributed by atoms with E-state index in [9.17, 15) is 9.59 Å². The van der Waals surface area contributed by atoms with Crippen molar-refractivity contribution in [2.75, 3.05) is 37.1 Å². The molecule has 44 heavy (non-hydrogen) atoms. The molecule has 3 aliphatic rings. The van der Waals surface area contributed by atoms with Gasteiger partial charge in [-0.2, -0.15) is 0 Å². The zero-order valence-electron chi connectivity index (χ0n) is 24.5. The lowest BCUT2D eigenvalue weighted by molar-refractivity contribution is -0.124. The fourth-order valence-corrected chi connectivity index (χ4v) is 6.95. The van der Waals surface area contributed by atoms with Gasteiger partial charge in [-0.3, -0.25) is 9.59 Å². The Morgan fingerprint density at radius 2 is 1.77 bits per heavy atom. The predicted molar refractivity (Wildman–Crippen MR) is 163 cm³/mol. The van der Waals surface area contributed by atoms with E-state index in [1.54, 1.807) is 42.2 Å². The van der Waals surface area contributed by atoms with Crippen molar-refractivity contribution in [1.82, 2.24) is 9.88 Å². The molecule has 7 rings (SSSR count). The molecule has 0 aliphatic carbocycles. The highest BCUT2D eigenvalue weighted by molar-refractivity contribution is 5.99. The smallest absolute Gasteiger partial charge is 0.257 e. The number of carbonyl (C=O) groups is 2. The van der Waals surface area contributed by atoms with E-state index in [1.165, 1.54) is 12.5 Å². The predicted octanol–water partition coefficient (Wildman–Crippen LogP) is 5.72. The van der Waals surface area contributed by atoms with Crippen LogP contribution < -0.4 is 10.6 Å². The number of fused-ring (bicyclic) bond motifs is 2. The van der Waals surface area contributed by atoms with Crippen molar-refractivity contribution < 1.29 is 27.9 Å². The number of aryl methyl sites for hydroxylation is 1. The summed E-state index contributed by atoms with van der Waals surface area (Å²) in [4.78, 5) is 34.4. The van der Waals surface area contributed by atoms with Gasteiger partial charge in [-0.1, -0.05) is 24.3 Å². The molecule has 0 saturated carbocycles. The van der Waals surface area contributed by atoms with Crippen molar-refractivity contribution in [2.24, 2.45) is 11.8 Å². The molecule has 3 aliphatic heterocycles. The number of anilines is 2. The summed E-state index contributed by atoms with van der Waals surface area (Å²) in [5.74, 6) is -1.92. The van der Waals surface area contributed by atoms with Crippen LogP contribution in [0.15, 0.2) is 71.5 Å². The molecule has 9 nitrogen and oxygen atoms in total. The van der Waals surface area contributed by atoms with Gasteiger partial charge in [0.2, 0.25) is 5.91 Å². The standard InChI is InChI=1S/C34H35FN4O5/c1-20-3-2-4-27(35)31(20)34(41)39-29-18-43-17-22(29)15-26(33(40)38-25-9-10-28-30(16-25)44-19-36-28)32(39)21-5-7-23(8-6-21)37-24-11-13-42-14-12-24/h2-10,16,19,22,24,26,29,32,37H,11-15,17-18H2,1H3,(H,38,40)/t22-,26-,29?,32-/m0/s1. The number of oxazole rings is 1. The van der Waals surface area contributed by atoms with Crippen LogP contribution in [-0.2, 0) is 14.3 Å².